The molecule has 0 bridgehead atoms. The van der Waals surface area contributed by atoms with Gasteiger partial charge in [0.2, 0.25) is 10.0 Å². The molecule has 24 heavy (non-hydrogen) atoms. The molecule has 0 aliphatic rings. The summed E-state index contributed by atoms with van der Waals surface area (Å²) >= 11 is 0. The molecule has 0 unspecified atom stereocenters. The molecule has 2 aromatic rings. The van der Waals surface area contributed by atoms with Gasteiger partial charge in [-0.2, -0.15) is 0 Å². The van der Waals surface area contributed by atoms with E-state index < -0.39 is 16.0 Å². The molecule has 5 nitrogen and oxygen atoms in total. The van der Waals surface area contributed by atoms with E-state index in [1.54, 1.807) is 0 Å². The number of aryl methyl sites for hydroxylation is 3. The van der Waals surface area contributed by atoms with Crippen LogP contribution < -0.4 is 4.74 Å². The van der Waals surface area contributed by atoms with Crippen molar-refractivity contribution in [2.45, 2.75) is 25.7 Å². The van der Waals surface area contributed by atoms with Crippen molar-refractivity contribution in [3.05, 3.63) is 58.7 Å². The summed E-state index contributed by atoms with van der Waals surface area (Å²) in [6.45, 7) is 5.75. The van der Waals surface area contributed by atoms with Gasteiger partial charge in [0.15, 0.2) is 0 Å². The average Bonchev–Trinajstić information content (AvgIpc) is 2.50. The molecule has 6 heteroatoms. The number of nitrogens with zero attached hydrogens (tertiary/aromatic N) is 1. The Labute approximate surface area is 142 Å². The van der Waals surface area contributed by atoms with Gasteiger partial charge in [0.05, 0.1) is 10.5 Å². The van der Waals surface area contributed by atoms with Gasteiger partial charge in [0.1, 0.15) is 5.75 Å². The van der Waals surface area contributed by atoms with Gasteiger partial charge in [-0.25, -0.2) is 17.5 Å². The van der Waals surface area contributed by atoms with Crippen LogP contribution in [-0.4, -0.2) is 32.8 Å². The maximum Gasteiger partial charge on any atom is 0.343 e. The molecule has 0 N–H and O–H groups in total. The lowest BCUT2D eigenvalue weighted by Crippen LogP contribution is -2.22. The SMILES string of the molecule is Cc1cc(C)c(OC(=O)c2ccc(S(=O)(=O)N(C)C)cc2)c(C)c1. The molecule has 2 aromatic carbocycles. The van der Waals surface area contributed by atoms with Gasteiger partial charge in [0, 0.05) is 14.1 Å². The maximum absolute atomic E-state index is 12.3. The van der Waals surface area contributed by atoms with Crippen molar-refractivity contribution in [3.63, 3.8) is 0 Å². The Morgan fingerprint density at radius 2 is 1.46 bits per heavy atom. The quantitative estimate of drug-likeness (QED) is 0.630. The number of sulfonamides is 1. The lowest BCUT2D eigenvalue weighted by Gasteiger charge is -2.13. The monoisotopic (exact) mass is 347 g/mol. The molecule has 0 saturated heterocycles. The Hall–Kier alpha value is -2.18. The van der Waals surface area contributed by atoms with E-state index in [0.717, 1.165) is 21.0 Å². The van der Waals surface area contributed by atoms with Crippen LogP contribution in [0.25, 0.3) is 0 Å². The fourth-order valence-corrected chi connectivity index (χ4v) is 3.35. The highest BCUT2D eigenvalue weighted by Gasteiger charge is 2.18. The summed E-state index contributed by atoms with van der Waals surface area (Å²) in [6.07, 6.45) is 0. The number of hydrogen-bond donors (Lipinski definition) is 0. The van der Waals surface area contributed by atoms with Crippen LogP contribution in [-0.2, 0) is 10.0 Å². The number of esters is 1. The van der Waals surface area contributed by atoms with E-state index in [0.29, 0.717) is 11.3 Å². The highest BCUT2D eigenvalue weighted by Crippen LogP contribution is 2.25. The zero-order valence-corrected chi connectivity index (χ0v) is 15.3. The Morgan fingerprint density at radius 1 is 0.958 bits per heavy atom. The Kier molecular flexibility index (Phi) is 5.11. The molecule has 0 saturated carbocycles. The minimum absolute atomic E-state index is 0.131. The second-order valence-electron chi connectivity index (χ2n) is 5.93. The van der Waals surface area contributed by atoms with Crippen LogP contribution in [0.2, 0.25) is 0 Å². The minimum atomic E-state index is -3.52. The fraction of sp³-hybridized carbons (Fsp3) is 0.278. The molecule has 0 aromatic heterocycles. The number of ether oxygens (including phenoxy) is 1. The van der Waals surface area contributed by atoms with Crippen molar-refractivity contribution < 1.29 is 17.9 Å². The third-order valence-corrected chi connectivity index (χ3v) is 5.50. The summed E-state index contributed by atoms with van der Waals surface area (Å²) in [5.41, 5.74) is 3.16. The van der Waals surface area contributed by atoms with Crippen LogP contribution >= 0.6 is 0 Å². The van der Waals surface area contributed by atoms with Crippen molar-refractivity contribution in [2.24, 2.45) is 0 Å². The van der Waals surface area contributed by atoms with E-state index in [4.69, 9.17) is 4.74 Å². The summed E-state index contributed by atoms with van der Waals surface area (Å²) in [7, 11) is -0.598. The predicted octanol–water partition coefficient (Wildman–Crippen LogP) is 3.08. The first-order chi connectivity index (χ1) is 11.1. The molecule has 0 heterocycles. The molecule has 0 atom stereocenters. The van der Waals surface area contributed by atoms with Crippen molar-refractivity contribution in [1.29, 1.82) is 0 Å². The third kappa shape index (κ3) is 3.66. The van der Waals surface area contributed by atoms with Gasteiger partial charge < -0.3 is 4.74 Å². The molecular formula is C18H21NO4S. The zero-order chi connectivity index (χ0) is 18.1. The van der Waals surface area contributed by atoms with Crippen LogP contribution in [0, 0.1) is 20.8 Å². The summed E-state index contributed by atoms with van der Waals surface area (Å²) in [6, 6.07) is 9.61. The van der Waals surface area contributed by atoms with Crippen LogP contribution in [0.1, 0.15) is 27.0 Å². The molecule has 2 rings (SSSR count). The van der Waals surface area contributed by atoms with Crippen molar-refractivity contribution in [3.8, 4) is 5.75 Å². The first-order valence-corrected chi connectivity index (χ1v) is 8.89. The van der Waals surface area contributed by atoms with E-state index >= 15 is 0 Å². The molecule has 128 valence electrons. The highest BCUT2D eigenvalue weighted by atomic mass is 32.2. The first-order valence-electron chi connectivity index (χ1n) is 7.45. The Morgan fingerprint density at radius 3 is 1.92 bits per heavy atom. The largest absolute Gasteiger partial charge is 0.422 e. The van der Waals surface area contributed by atoms with Gasteiger partial charge in [0.25, 0.3) is 0 Å². The Bertz CT molecular complexity index is 845. The molecule has 0 fully saturated rings. The van der Waals surface area contributed by atoms with E-state index in [9.17, 15) is 13.2 Å². The summed E-state index contributed by atoms with van der Waals surface area (Å²) < 4.78 is 30.7. The molecule has 0 amide bonds. The highest BCUT2D eigenvalue weighted by molar-refractivity contribution is 7.89. The van der Waals surface area contributed by atoms with Gasteiger partial charge in [-0.15, -0.1) is 0 Å². The molecular weight excluding hydrogens is 326 g/mol. The fourth-order valence-electron chi connectivity index (χ4n) is 2.45. The normalized spacial score (nSPS) is 11.6. The van der Waals surface area contributed by atoms with Crippen molar-refractivity contribution in [2.75, 3.05) is 14.1 Å². The van der Waals surface area contributed by atoms with Crippen LogP contribution in [0.15, 0.2) is 41.3 Å². The number of carbonyl (C=O) groups is 1. The molecule has 0 aliphatic heterocycles. The number of hydrogen-bond acceptors (Lipinski definition) is 4. The van der Waals surface area contributed by atoms with Gasteiger partial charge >= 0.3 is 5.97 Å². The standard InChI is InChI=1S/C18H21NO4S/c1-12-10-13(2)17(14(3)11-12)23-18(20)15-6-8-16(9-7-15)24(21,22)19(4)5/h6-11H,1-5H3. The summed E-state index contributed by atoms with van der Waals surface area (Å²) in [4.78, 5) is 12.4. The predicted molar refractivity (Wildman–Crippen MR) is 92.9 cm³/mol. The maximum atomic E-state index is 12.3. The van der Waals surface area contributed by atoms with Crippen molar-refractivity contribution in [1.82, 2.24) is 4.31 Å². The van der Waals surface area contributed by atoms with Crippen molar-refractivity contribution >= 4 is 16.0 Å². The van der Waals surface area contributed by atoms with Crippen LogP contribution in [0.4, 0.5) is 0 Å². The van der Waals surface area contributed by atoms with E-state index in [1.807, 2.05) is 32.9 Å². The second kappa shape index (κ2) is 6.75. The number of rotatable bonds is 4. The topological polar surface area (TPSA) is 63.7 Å². The van der Waals surface area contributed by atoms with E-state index in [1.165, 1.54) is 38.4 Å². The zero-order valence-electron chi connectivity index (χ0n) is 14.5. The van der Waals surface area contributed by atoms with Gasteiger partial charge in [-0.3, -0.25) is 0 Å². The smallest absolute Gasteiger partial charge is 0.343 e. The lowest BCUT2D eigenvalue weighted by atomic mass is 10.1. The van der Waals surface area contributed by atoms with Gasteiger partial charge in [-0.1, -0.05) is 17.7 Å². The third-order valence-electron chi connectivity index (χ3n) is 3.67. The number of benzene rings is 2. The van der Waals surface area contributed by atoms with E-state index in [2.05, 4.69) is 0 Å². The first kappa shape index (κ1) is 18.2. The number of carbonyl (C=O) groups excluding carboxylic acids is 1. The molecule has 0 spiro atoms. The minimum Gasteiger partial charge on any atom is -0.422 e. The average molecular weight is 347 g/mol. The molecule has 0 radical (unpaired) electrons. The summed E-state index contributed by atoms with van der Waals surface area (Å²) in [5.74, 6) is 0.0226. The van der Waals surface area contributed by atoms with E-state index in [-0.39, 0.29) is 4.90 Å². The molecule has 0 aliphatic carbocycles. The van der Waals surface area contributed by atoms with Crippen LogP contribution in [0.3, 0.4) is 0 Å². The second-order valence-corrected chi connectivity index (χ2v) is 8.08. The van der Waals surface area contributed by atoms with Crippen LogP contribution in [0.5, 0.6) is 5.75 Å². The van der Waals surface area contributed by atoms with Gasteiger partial charge in [-0.05, 0) is 56.2 Å². The lowest BCUT2D eigenvalue weighted by molar-refractivity contribution is 0.0732. The summed E-state index contributed by atoms with van der Waals surface area (Å²) in [5, 5.41) is 0. The Balaban J connectivity index is 2.26.